The predicted molar refractivity (Wildman–Crippen MR) is 59.7 cm³/mol. The first-order valence-corrected chi connectivity index (χ1v) is 5.26. The van der Waals surface area contributed by atoms with Crippen LogP contribution in [0.25, 0.3) is 0 Å². The monoisotopic (exact) mass is 221 g/mol. The molecule has 0 radical (unpaired) electrons. The van der Waals surface area contributed by atoms with E-state index in [9.17, 15) is 0 Å². The Morgan fingerprint density at radius 3 is 3.06 bits per heavy atom. The minimum Gasteiger partial charge on any atom is -0.492 e. The molecule has 5 nitrogen and oxygen atoms in total. The average molecular weight is 221 g/mol. The molecule has 5 heteroatoms. The van der Waals surface area contributed by atoms with Gasteiger partial charge in [-0.15, -0.1) is 0 Å². The fourth-order valence-corrected chi connectivity index (χ4v) is 1.55. The van der Waals surface area contributed by atoms with Crippen molar-refractivity contribution in [2.75, 3.05) is 19.8 Å². The summed E-state index contributed by atoms with van der Waals surface area (Å²) in [6, 6.07) is 3.46. The lowest BCUT2D eigenvalue weighted by Crippen LogP contribution is -2.14. The Morgan fingerprint density at radius 2 is 2.50 bits per heavy atom. The van der Waals surface area contributed by atoms with E-state index in [0.717, 1.165) is 19.6 Å². The van der Waals surface area contributed by atoms with Crippen LogP contribution in [0.3, 0.4) is 0 Å². The largest absolute Gasteiger partial charge is 0.492 e. The molecular formula is C11H15N3O2. The molecule has 86 valence electrons. The summed E-state index contributed by atoms with van der Waals surface area (Å²) in [4.78, 5) is 4.02. The molecule has 0 saturated carbocycles. The minimum absolute atomic E-state index is 0.0317. The SMILES string of the molecule is N=C(N)c1ccc(OCC2CCOC2)cn1. The van der Waals surface area contributed by atoms with Crippen LogP contribution in [0.15, 0.2) is 18.3 Å². The van der Waals surface area contributed by atoms with Crippen LogP contribution in [0, 0.1) is 11.3 Å². The lowest BCUT2D eigenvalue weighted by Gasteiger charge is -2.09. The van der Waals surface area contributed by atoms with E-state index in [1.54, 1.807) is 18.3 Å². The van der Waals surface area contributed by atoms with Crippen LogP contribution in [-0.4, -0.2) is 30.6 Å². The van der Waals surface area contributed by atoms with E-state index in [0.29, 0.717) is 24.0 Å². The van der Waals surface area contributed by atoms with E-state index < -0.39 is 0 Å². The number of aromatic nitrogens is 1. The van der Waals surface area contributed by atoms with E-state index in [4.69, 9.17) is 20.6 Å². The van der Waals surface area contributed by atoms with Crippen LogP contribution in [0.1, 0.15) is 12.1 Å². The maximum absolute atomic E-state index is 7.20. The van der Waals surface area contributed by atoms with Gasteiger partial charge in [-0.2, -0.15) is 0 Å². The Kier molecular flexibility index (Phi) is 3.36. The quantitative estimate of drug-likeness (QED) is 0.581. The topological polar surface area (TPSA) is 81.2 Å². The van der Waals surface area contributed by atoms with Gasteiger partial charge in [-0.05, 0) is 18.6 Å². The van der Waals surface area contributed by atoms with Gasteiger partial charge in [0.25, 0.3) is 0 Å². The van der Waals surface area contributed by atoms with Gasteiger partial charge in [-0.3, -0.25) is 5.41 Å². The van der Waals surface area contributed by atoms with E-state index in [2.05, 4.69) is 4.98 Å². The molecule has 1 atom stereocenters. The van der Waals surface area contributed by atoms with Crippen LogP contribution in [0.5, 0.6) is 5.75 Å². The maximum Gasteiger partial charge on any atom is 0.141 e. The normalized spacial score (nSPS) is 19.6. The summed E-state index contributed by atoms with van der Waals surface area (Å²) in [5.41, 5.74) is 5.77. The fraction of sp³-hybridized carbons (Fsp3) is 0.455. The number of nitrogens with one attached hydrogen (secondary N) is 1. The molecule has 1 fully saturated rings. The van der Waals surface area contributed by atoms with Gasteiger partial charge < -0.3 is 15.2 Å². The molecule has 3 N–H and O–H groups in total. The molecule has 1 aromatic heterocycles. The molecule has 1 aliphatic rings. The molecule has 1 aliphatic heterocycles. The highest BCUT2D eigenvalue weighted by Crippen LogP contribution is 2.15. The molecule has 1 unspecified atom stereocenters. The number of nitrogen functional groups attached to an aromatic ring is 1. The summed E-state index contributed by atoms with van der Waals surface area (Å²) in [6.45, 7) is 2.26. The number of ether oxygens (including phenoxy) is 2. The second-order valence-electron chi connectivity index (χ2n) is 3.83. The minimum atomic E-state index is -0.0317. The number of amidine groups is 1. The molecule has 0 amide bonds. The second kappa shape index (κ2) is 4.94. The van der Waals surface area contributed by atoms with Gasteiger partial charge in [0.2, 0.25) is 0 Å². The number of pyridine rings is 1. The molecule has 16 heavy (non-hydrogen) atoms. The molecule has 0 spiro atoms. The Labute approximate surface area is 94.1 Å². The maximum atomic E-state index is 7.20. The zero-order valence-corrected chi connectivity index (χ0v) is 8.98. The molecule has 2 heterocycles. The Hall–Kier alpha value is -1.62. The predicted octanol–water partition coefficient (Wildman–Crippen LogP) is 0.781. The lowest BCUT2D eigenvalue weighted by atomic mass is 10.1. The third-order valence-electron chi connectivity index (χ3n) is 2.52. The highest BCUT2D eigenvalue weighted by Gasteiger charge is 2.16. The zero-order valence-electron chi connectivity index (χ0n) is 8.98. The number of nitrogens with two attached hydrogens (primary N) is 1. The van der Waals surface area contributed by atoms with Crippen LogP contribution < -0.4 is 10.5 Å². The van der Waals surface area contributed by atoms with Crippen molar-refractivity contribution in [2.24, 2.45) is 11.7 Å². The molecule has 0 bridgehead atoms. The summed E-state index contributed by atoms with van der Waals surface area (Å²) in [5.74, 6) is 1.15. The van der Waals surface area contributed by atoms with E-state index in [1.807, 2.05) is 0 Å². The smallest absolute Gasteiger partial charge is 0.141 e. The summed E-state index contributed by atoms with van der Waals surface area (Å²) in [5, 5.41) is 7.20. The van der Waals surface area contributed by atoms with Gasteiger partial charge in [0, 0.05) is 12.5 Å². The zero-order chi connectivity index (χ0) is 11.4. The third kappa shape index (κ3) is 2.70. The van der Waals surface area contributed by atoms with E-state index in [-0.39, 0.29) is 5.84 Å². The van der Waals surface area contributed by atoms with Crippen LogP contribution >= 0.6 is 0 Å². The summed E-state index contributed by atoms with van der Waals surface area (Å²) in [7, 11) is 0. The molecule has 0 aromatic carbocycles. The van der Waals surface area contributed by atoms with Crippen molar-refractivity contribution in [3.05, 3.63) is 24.0 Å². The van der Waals surface area contributed by atoms with Crippen LogP contribution in [0.2, 0.25) is 0 Å². The second-order valence-corrected chi connectivity index (χ2v) is 3.83. The highest BCUT2D eigenvalue weighted by molar-refractivity contribution is 5.92. The molecule has 1 aromatic rings. The first-order chi connectivity index (χ1) is 7.75. The fourth-order valence-electron chi connectivity index (χ4n) is 1.55. The number of hydrogen-bond acceptors (Lipinski definition) is 4. The average Bonchev–Trinajstić information content (AvgIpc) is 2.80. The highest BCUT2D eigenvalue weighted by atomic mass is 16.5. The van der Waals surface area contributed by atoms with Gasteiger partial charge in [0.15, 0.2) is 0 Å². The van der Waals surface area contributed by atoms with Crippen LogP contribution in [-0.2, 0) is 4.74 Å². The van der Waals surface area contributed by atoms with Crippen molar-refractivity contribution in [3.63, 3.8) is 0 Å². The van der Waals surface area contributed by atoms with Gasteiger partial charge >= 0.3 is 0 Å². The van der Waals surface area contributed by atoms with Gasteiger partial charge in [0.1, 0.15) is 17.3 Å². The third-order valence-corrected chi connectivity index (χ3v) is 2.52. The van der Waals surface area contributed by atoms with Crippen molar-refractivity contribution in [2.45, 2.75) is 6.42 Å². The van der Waals surface area contributed by atoms with Crippen molar-refractivity contribution in [1.82, 2.24) is 4.98 Å². The Bertz CT molecular complexity index is 358. The molecule has 2 rings (SSSR count). The number of rotatable bonds is 4. The van der Waals surface area contributed by atoms with Crippen molar-refractivity contribution in [3.8, 4) is 5.75 Å². The van der Waals surface area contributed by atoms with Crippen molar-refractivity contribution < 1.29 is 9.47 Å². The molecule has 0 aliphatic carbocycles. The van der Waals surface area contributed by atoms with Gasteiger partial charge in [-0.1, -0.05) is 0 Å². The van der Waals surface area contributed by atoms with Crippen molar-refractivity contribution >= 4 is 5.84 Å². The van der Waals surface area contributed by atoms with Gasteiger partial charge in [-0.25, -0.2) is 4.98 Å². The summed E-state index contributed by atoms with van der Waals surface area (Å²) < 4.78 is 10.8. The summed E-state index contributed by atoms with van der Waals surface area (Å²) >= 11 is 0. The first-order valence-electron chi connectivity index (χ1n) is 5.26. The Balaban J connectivity index is 1.87. The van der Waals surface area contributed by atoms with E-state index >= 15 is 0 Å². The number of nitrogens with zero attached hydrogens (tertiary/aromatic N) is 1. The lowest BCUT2D eigenvalue weighted by molar-refractivity contribution is 0.167. The van der Waals surface area contributed by atoms with Crippen LogP contribution in [0.4, 0.5) is 0 Å². The number of hydrogen-bond donors (Lipinski definition) is 2. The Morgan fingerprint density at radius 1 is 1.62 bits per heavy atom. The first kappa shape index (κ1) is 10.9. The standard InChI is InChI=1S/C11H15N3O2/c12-11(13)10-2-1-9(5-14-10)16-7-8-3-4-15-6-8/h1-2,5,8H,3-4,6-7H2,(H3,12,13). The molecular weight excluding hydrogens is 206 g/mol. The summed E-state index contributed by atoms with van der Waals surface area (Å²) in [6.07, 6.45) is 2.64. The van der Waals surface area contributed by atoms with E-state index in [1.165, 1.54) is 0 Å². The van der Waals surface area contributed by atoms with Crippen molar-refractivity contribution in [1.29, 1.82) is 5.41 Å². The van der Waals surface area contributed by atoms with Gasteiger partial charge in [0.05, 0.1) is 19.4 Å². The molecule has 1 saturated heterocycles.